The third-order valence-corrected chi connectivity index (χ3v) is 5.44. The van der Waals surface area contributed by atoms with Crippen LogP contribution in [0.1, 0.15) is 47.8 Å². The van der Waals surface area contributed by atoms with Gasteiger partial charge < -0.3 is 14.8 Å². The van der Waals surface area contributed by atoms with Crippen molar-refractivity contribution in [1.82, 2.24) is 10.7 Å². The molecular formula is C29H33N3O4. The van der Waals surface area contributed by atoms with Crippen LogP contribution in [-0.4, -0.2) is 30.7 Å². The van der Waals surface area contributed by atoms with E-state index in [4.69, 9.17) is 9.47 Å². The quantitative estimate of drug-likeness (QED) is 0.298. The molecule has 3 aromatic carbocycles. The van der Waals surface area contributed by atoms with Crippen molar-refractivity contribution in [2.75, 3.05) is 6.61 Å². The van der Waals surface area contributed by atoms with Crippen molar-refractivity contribution in [3.63, 3.8) is 0 Å². The van der Waals surface area contributed by atoms with Gasteiger partial charge in [-0.1, -0.05) is 61.9 Å². The topological polar surface area (TPSA) is 89.0 Å². The van der Waals surface area contributed by atoms with E-state index < -0.39 is 11.9 Å². The molecule has 0 bridgehead atoms. The minimum Gasteiger partial charge on any atom is -0.490 e. The predicted molar refractivity (Wildman–Crippen MR) is 141 cm³/mol. The lowest BCUT2D eigenvalue weighted by Crippen LogP contribution is -2.48. The molecule has 0 saturated heterocycles. The minimum atomic E-state index is -0.733. The average Bonchev–Trinajstić information content (AvgIpc) is 2.87. The van der Waals surface area contributed by atoms with E-state index in [-0.39, 0.29) is 11.8 Å². The summed E-state index contributed by atoms with van der Waals surface area (Å²) in [5.41, 5.74) is 5.88. The standard InChI is InChI=1S/C29H33N3O4/c1-5-35-26-17-23(13-16-25(26)36-19-22-9-7-6-8-10-22)18-30-32-29(34)27(20(2)3)31-28(33)24-14-11-21(4)12-15-24/h6-18,20,27H,5,19H2,1-4H3,(H,31,33)(H,32,34)/b30-18-. The first-order chi connectivity index (χ1) is 17.4. The van der Waals surface area contributed by atoms with Crippen molar-refractivity contribution in [3.05, 3.63) is 95.1 Å². The first-order valence-electron chi connectivity index (χ1n) is 12.0. The van der Waals surface area contributed by atoms with Crippen LogP contribution in [0, 0.1) is 12.8 Å². The third kappa shape index (κ3) is 7.70. The van der Waals surface area contributed by atoms with Crippen LogP contribution in [0.4, 0.5) is 0 Å². The summed E-state index contributed by atoms with van der Waals surface area (Å²) >= 11 is 0. The zero-order chi connectivity index (χ0) is 25.9. The highest BCUT2D eigenvalue weighted by Crippen LogP contribution is 2.29. The summed E-state index contributed by atoms with van der Waals surface area (Å²) in [6.07, 6.45) is 1.53. The van der Waals surface area contributed by atoms with Crippen LogP contribution in [0.2, 0.25) is 0 Å². The Kier molecular flexibility index (Phi) is 9.63. The summed E-state index contributed by atoms with van der Waals surface area (Å²) < 4.78 is 11.7. The maximum Gasteiger partial charge on any atom is 0.262 e. The van der Waals surface area contributed by atoms with Crippen LogP contribution in [-0.2, 0) is 11.4 Å². The number of hydrogen-bond acceptors (Lipinski definition) is 5. The molecule has 2 amide bonds. The molecule has 0 spiro atoms. The molecule has 3 aromatic rings. The second kappa shape index (κ2) is 13.1. The molecule has 0 aliphatic rings. The molecule has 0 aromatic heterocycles. The van der Waals surface area contributed by atoms with Crippen LogP contribution in [0.15, 0.2) is 77.9 Å². The lowest BCUT2D eigenvalue weighted by Gasteiger charge is -2.20. The van der Waals surface area contributed by atoms with E-state index in [0.29, 0.717) is 30.3 Å². The number of ether oxygens (including phenoxy) is 2. The number of rotatable bonds is 11. The van der Waals surface area contributed by atoms with Gasteiger partial charge in [0.05, 0.1) is 12.8 Å². The highest BCUT2D eigenvalue weighted by atomic mass is 16.5. The number of hydrogen-bond donors (Lipinski definition) is 2. The maximum atomic E-state index is 12.8. The van der Waals surface area contributed by atoms with Crippen molar-refractivity contribution in [1.29, 1.82) is 0 Å². The molecule has 0 aliphatic heterocycles. The van der Waals surface area contributed by atoms with Crippen LogP contribution in [0.25, 0.3) is 0 Å². The Morgan fingerprint density at radius 2 is 1.67 bits per heavy atom. The number of amides is 2. The highest BCUT2D eigenvalue weighted by molar-refractivity contribution is 5.97. The summed E-state index contributed by atoms with van der Waals surface area (Å²) in [6, 6.07) is 21.8. The van der Waals surface area contributed by atoms with Crippen LogP contribution in [0.5, 0.6) is 11.5 Å². The fourth-order valence-corrected chi connectivity index (χ4v) is 3.43. The summed E-state index contributed by atoms with van der Waals surface area (Å²) in [6.45, 7) is 8.49. The first-order valence-corrected chi connectivity index (χ1v) is 12.0. The number of nitrogens with one attached hydrogen (secondary N) is 2. The zero-order valence-corrected chi connectivity index (χ0v) is 21.2. The molecule has 1 atom stereocenters. The van der Waals surface area contributed by atoms with Gasteiger partial charge in [0, 0.05) is 5.56 Å². The fraction of sp³-hybridized carbons (Fsp3) is 0.276. The van der Waals surface area contributed by atoms with Gasteiger partial charge in [-0.25, -0.2) is 5.43 Å². The Hall–Kier alpha value is -4.13. The molecule has 0 aliphatic carbocycles. The molecular weight excluding hydrogens is 454 g/mol. The Labute approximate surface area is 212 Å². The second-order valence-corrected chi connectivity index (χ2v) is 8.71. The monoisotopic (exact) mass is 487 g/mol. The molecule has 0 fully saturated rings. The molecule has 7 nitrogen and oxygen atoms in total. The maximum absolute atomic E-state index is 12.8. The van der Waals surface area contributed by atoms with E-state index in [1.807, 2.05) is 82.3 Å². The van der Waals surface area contributed by atoms with Crippen molar-refractivity contribution in [2.45, 2.75) is 40.3 Å². The zero-order valence-electron chi connectivity index (χ0n) is 21.2. The number of hydrazone groups is 1. The van der Waals surface area contributed by atoms with E-state index in [1.54, 1.807) is 18.2 Å². The van der Waals surface area contributed by atoms with Crippen LogP contribution >= 0.6 is 0 Å². The first kappa shape index (κ1) is 26.5. The molecule has 3 rings (SSSR count). The Bertz CT molecular complexity index is 1170. The summed E-state index contributed by atoms with van der Waals surface area (Å²) in [7, 11) is 0. The van der Waals surface area contributed by atoms with Gasteiger partial charge >= 0.3 is 0 Å². The van der Waals surface area contributed by atoms with E-state index >= 15 is 0 Å². The number of nitrogens with zero attached hydrogens (tertiary/aromatic N) is 1. The van der Waals surface area contributed by atoms with Gasteiger partial charge in [0.25, 0.3) is 11.8 Å². The van der Waals surface area contributed by atoms with E-state index in [2.05, 4.69) is 15.8 Å². The smallest absolute Gasteiger partial charge is 0.262 e. The number of carbonyl (C=O) groups excluding carboxylic acids is 2. The fourth-order valence-electron chi connectivity index (χ4n) is 3.43. The van der Waals surface area contributed by atoms with Crippen molar-refractivity contribution < 1.29 is 19.1 Å². The number of aryl methyl sites for hydroxylation is 1. The van der Waals surface area contributed by atoms with Crippen molar-refractivity contribution in [2.24, 2.45) is 11.0 Å². The van der Waals surface area contributed by atoms with Gasteiger partial charge in [-0.05, 0) is 61.2 Å². The lowest BCUT2D eigenvalue weighted by molar-refractivity contribution is -0.123. The second-order valence-electron chi connectivity index (χ2n) is 8.71. The van der Waals surface area contributed by atoms with Crippen LogP contribution in [0.3, 0.4) is 0 Å². The molecule has 1 unspecified atom stereocenters. The SMILES string of the molecule is CCOc1cc(/C=N\NC(=O)C(NC(=O)c2ccc(C)cc2)C(C)C)ccc1OCc1ccccc1. The Morgan fingerprint density at radius 3 is 2.33 bits per heavy atom. The summed E-state index contributed by atoms with van der Waals surface area (Å²) in [5.74, 6) is 0.393. The van der Waals surface area contributed by atoms with E-state index in [1.165, 1.54) is 6.21 Å². The normalized spacial score (nSPS) is 11.8. The number of benzene rings is 3. The summed E-state index contributed by atoms with van der Waals surface area (Å²) in [5, 5.41) is 6.89. The van der Waals surface area contributed by atoms with Crippen molar-refractivity contribution in [3.8, 4) is 11.5 Å². The van der Waals surface area contributed by atoms with Crippen LogP contribution < -0.4 is 20.2 Å². The van der Waals surface area contributed by atoms with Gasteiger partial charge in [-0.2, -0.15) is 5.10 Å². The van der Waals surface area contributed by atoms with E-state index in [9.17, 15) is 9.59 Å². The highest BCUT2D eigenvalue weighted by Gasteiger charge is 2.24. The predicted octanol–water partition coefficient (Wildman–Crippen LogP) is 4.88. The average molecular weight is 488 g/mol. The van der Waals surface area contributed by atoms with Gasteiger partial charge in [-0.15, -0.1) is 0 Å². The molecule has 188 valence electrons. The van der Waals surface area contributed by atoms with Crippen molar-refractivity contribution >= 4 is 18.0 Å². The van der Waals surface area contributed by atoms with E-state index in [0.717, 1.165) is 16.7 Å². The molecule has 2 N–H and O–H groups in total. The van der Waals surface area contributed by atoms with Gasteiger partial charge in [0.1, 0.15) is 12.6 Å². The Balaban J connectivity index is 1.62. The minimum absolute atomic E-state index is 0.125. The third-order valence-electron chi connectivity index (χ3n) is 5.44. The lowest BCUT2D eigenvalue weighted by atomic mass is 10.0. The molecule has 36 heavy (non-hydrogen) atoms. The van der Waals surface area contributed by atoms with Gasteiger partial charge in [0.15, 0.2) is 11.5 Å². The summed E-state index contributed by atoms with van der Waals surface area (Å²) in [4.78, 5) is 25.3. The van der Waals surface area contributed by atoms with Gasteiger partial charge in [0.2, 0.25) is 0 Å². The Morgan fingerprint density at radius 1 is 0.944 bits per heavy atom. The molecule has 0 radical (unpaired) electrons. The largest absolute Gasteiger partial charge is 0.490 e. The number of carbonyl (C=O) groups is 2. The van der Waals surface area contributed by atoms with Gasteiger partial charge in [-0.3, -0.25) is 9.59 Å². The molecule has 0 heterocycles. The molecule has 0 saturated carbocycles. The molecule has 7 heteroatoms.